The Morgan fingerprint density at radius 2 is 1.78 bits per heavy atom. The zero-order valence-corrected chi connectivity index (χ0v) is 11.5. The monoisotopic (exact) mass is 302 g/mol. The van der Waals surface area contributed by atoms with Crippen LogP contribution in [-0.4, -0.2) is 69.6 Å². The highest BCUT2D eigenvalue weighted by molar-refractivity contribution is 7.99. The standard InChI is InChI=1S/C9H18O7S2/c1-2-17-9-8(12)7(11)6(10)5(16-9)3-4-18(13,14)15/h5-12H,2-4H2,1H3,(H,13,14,15)/t5-,6-,7+,8+,9?/m1/s1. The molecule has 1 saturated heterocycles. The average molecular weight is 302 g/mol. The Bertz CT molecular complexity index is 358. The van der Waals surface area contributed by atoms with Crippen LogP contribution in [0.4, 0.5) is 0 Å². The molecule has 1 fully saturated rings. The number of aliphatic hydroxyl groups is 3. The highest BCUT2D eigenvalue weighted by atomic mass is 32.2. The van der Waals surface area contributed by atoms with E-state index in [-0.39, 0.29) is 6.42 Å². The third-order valence-corrected chi connectivity index (χ3v) is 4.46. The lowest BCUT2D eigenvalue weighted by Crippen LogP contribution is -2.56. The summed E-state index contributed by atoms with van der Waals surface area (Å²) in [6.07, 6.45) is -5.09. The van der Waals surface area contributed by atoms with Crippen molar-refractivity contribution in [2.24, 2.45) is 0 Å². The van der Waals surface area contributed by atoms with Crippen molar-refractivity contribution in [1.29, 1.82) is 0 Å². The van der Waals surface area contributed by atoms with Crippen LogP contribution in [-0.2, 0) is 14.9 Å². The largest absolute Gasteiger partial charge is 0.388 e. The topological polar surface area (TPSA) is 124 Å². The number of hydrogen-bond acceptors (Lipinski definition) is 7. The van der Waals surface area contributed by atoms with Crippen LogP contribution < -0.4 is 0 Å². The summed E-state index contributed by atoms with van der Waals surface area (Å²) in [5.41, 5.74) is -0.722. The van der Waals surface area contributed by atoms with Crippen LogP contribution in [0.3, 0.4) is 0 Å². The molecular weight excluding hydrogens is 284 g/mol. The molecule has 0 aromatic rings. The molecule has 0 aromatic heterocycles. The SMILES string of the molecule is CCSC1O[C@H](CCS(=O)(=O)O)[C@@H](O)[C@H](O)[C@@H]1O. The van der Waals surface area contributed by atoms with Crippen LogP contribution in [0.15, 0.2) is 0 Å². The lowest BCUT2D eigenvalue weighted by molar-refractivity contribution is -0.197. The maximum Gasteiger partial charge on any atom is 0.264 e. The second-order valence-electron chi connectivity index (χ2n) is 4.04. The second-order valence-corrected chi connectivity index (χ2v) is 6.99. The Balaban J connectivity index is 2.66. The number of rotatable bonds is 5. The highest BCUT2D eigenvalue weighted by Crippen LogP contribution is 2.29. The van der Waals surface area contributed by atoms with Crippen LogP contribution in [0.25, 0.3) is 0 Å². The van der Waals surface area contributed by atoms with E-state index in [0.29, 0.717) is 5.75 Å². The number of thioether (sulfide) groups is 1. The first-order chi connectivity index (χ1) is 8.26. The van der Waals surface area contributed by atoms with Crippen molar-refractivity contribution in [2.45, 2.75) is 43.2 Å². The van der Waals surface area contributed by atoms with E-state index in [1.807, 2.05) is 6.92 Å². The third-order valence-electron chi connectivity index (χ3n) is 2.66. The Labute approximate surface area is 110 Å². The quantitative estimate of drug-likeness (QED) is 0.468. The van der Waals surface area contributed by atoms with E-state index in [1.165, 1.54) is 11.8 Å². The zero-order valence-electron chi connectivity index (χ0n) is 9.84. The fourth-order valence-electron chi connectivity index (χ4n) is 1.72. The number of ether oxygens (including phenoxy) is 1. The molecule has 1 aliphatic rings. The molecule has 1 aliphatic heterocycles. The number of aliphatic hydroxyl groups excluding tert-OH is 3. The van der Waals surface area contributed by atoms with Gasteiger partial charge in [-0.25, -0.2) is 0 Å². The number of hydrogen-bond donors (Lipinski definition) is 4. The molecule has 0 amide bonds. The molecule has 1 unspecified atom stereocenters. The van der Waals surface area contributed by atoms with E-state index in [4.69, 9.17) is 9.29 Å². The predicted octanol–water partition coefficient (Wildman–Crippen LogP) is -1.17. The van der Waals surface area contributed by atoms with Gasteiger partial charge in [-0.3, -0.25) is 4.55 Å². The lowest BCUT2D eigenvalue weighted by atomic mass is 9.98. The van der Waals surface area contributed by atoms with Gasteiger partial charge in [-0.15, -0.1) is 11.8 Å². The van der Waals surface area contributed by atoms with Gasteiger partial charge in [0.15, 0.2) is 0 Å². The van der Waals surface area contributed by atoms with Gasteiger partial charge in [0, 0.05) is 0 Å². The third kappa shape index (κ3) is 4.34. The van der Waals surface area contributed by atoms with E-state index in [0.717, 1.165) is 0 Å². The normalized spacial score (nSPS) is 37.7. The van der Waals surface area contributed by atoms with Crippen molar-refractivity contribution in [3.05, 3.63) is 0 Å². The maximum absolute atomic E-state index is 10.6. The molecule has 5 atom stereocenters. The summed E-state index contributed by atoms with van der Waals surface area (Å²) in [5, 5.41) is 29.0. The first-order valence-electron chi connectivity index (χ1n) is 5.52. The molecule has 0 spiro atoms. The van der Waals surface area contributed by atoms with Crippen LogP contribution >= 0.6 is 11.8 Å². The van der Waals surface area contributed by atoms with E-state index < -0.39 is 45.7 Å². The van der Waals surface area contributed by atoms with E-state index in [1.54, 1.807) is 0 Å². The molecule has 18 heavy (non-hydrogen) atoms. The van der Waals surface area contributed by atoms with Crippen molar-refractivity contribution in [3.63, 3.8) is 0 Å². The molecule has 7 nitrogen and oxygen atoms in total. The van der Waals surface area contributed by atoms with Crippen molar-refractivity contribution < 1.29 is 33.0 Å². The summed E-state index contributed by atoms with van der Waals surface area (Å²) in [6, 6.07) is 0. The van der Waals surface area contributed by atoms with Crippen LogP contribution in [0.1, 0.15) is 13.3 Å². The minimum atomic E-state index is -4.15. The second kappa shape index (κ2) is 6.51. The van der Waals surface area contributed by atoms with Gasteiger partial charge in [0.05, 0.1) is 11.9 Å². The minimum absolute atomic E-state index is 0.148. The summed E-state index contributed by atoms with van der Waals surface area (Å²) in [6.45, 7) is 1.84. The summed E-state index contributed by atoms with van der Waals surface area (Å²) in [5.74, 6) is 0.0661. The molecule has 0 aromatic carbocycles. The highest BCUT2D eigenvalue weighted by Gasteiger charge is 2.43. The molecule has 0 bridgehead atoms. The Morgan fingerprint density at radius 3 is 2.28 bits per heavy atom. The Hall–Kier alpha value is 0.1000. The molecule has 1 heterocycles. The molecule has 4 N–H and O–H groups in total. The summed E-state index contributed by atoms with van der Waals surface area (Å²) in [4.78, 5) is 0. The van der Waals surface area contributed by atoms with Gasteiger partial charge >= 0.3 is 0 Å². The smallest absolute Gasteiger partial charge is 0.264 e. The molecule has 0 aliphatic carbocycles. The lowest BCUT2D eigenvalue weighted by Gasteiger charge is -2.40. The fraction of sp³-hybridized carbons (Fsp3) is 1.00. The molecule has 0 saturated carbocycles. The van der Waals surface area contributed by atoms with Gasteiger partial charge in [0.1, 0.15) is 23.7 Å². The summed E-state index contributed by atoms with van der Waals surface area (Å²) < 4.78 is 35.3. The van der Waals surface area contributed by atoms with Crippen LogP contribution in [0.5, 0.6) is 0 Å². The van der Waals surface area contributed by atoms with Crippen LogP contribution in [0.2, 0.25) is 0 Å². The average Bonchev–Trinajstić information content (AvgIpc) is 2.27. The van der Waals surface area contributed by atoms with E-state index >= 15 is 0 Å². The molecule has 9 heteroatoms. The fourth-order valence-corrected chi connectivity index (χ4v) is 3.16. The van der Waals surface area contributed by atoms with Crippen molar-refractivity contribution >= 4 is 21.9 Å². The van der Waals surface area contributed by atoms with Crippen LogP contribution in [0, 0.1) is 0 Å². The van der Waals surface area contributed by atoms with Crippen molar-refractivity contribution in [1.82, 2.24) is 0 Å². The van der Waals surface area contributed by atoms with Gasteiger partial charge in [0.25, 0.3) is 10.1 Å². The molecular formula is C9H18O7S2. The van der Waals surface area contributed by atoms with Gasteiger partial charge in [-0.1, -0.05) is 6.92 Å². The summed E-state index contributed by atoms with van der Waals surface area (Å²) in [7, 11) is -4.15. The molecule has 1 rings (SSSR count). The molecule has 108 valence electrons. The first kappa shape index (κ1) is 16.2. The Kier molecular flexibility index (Phi) is 5.84. The predicted molar refractivity (Wildman–Crippen MR) is 65.8 cm³/mol. The van der Waals surface area contributed by atoms with Gasteiger partial charge < -0.3 is 20.1 Å². The first-order valence-corrected chi connectivity index (χ1v) is 8.18. The zero-order chi connectivity index (χ0) is 13.9. The van der Waals surface area contributed by atoms with E-state index in [9.17, 15) is 23.7 Å². The van der Waals surface area contributed by atoms with Crippen molar-refractivity contribution in [2.75, 3.05) is 11.5 Å². The minimum Gasteiger partial charge on any atom is -0.388 e. The van der Waals surface area contributed by atoms with E-state index in [2.05, 4.69) is 0 Å². The summed E-state index contributed by atoms with van der Waals surface area (Å²) >= 11 is 1.25. The van der Waals surface area contributed by atoms with Gasteiger partial charge in [0.2, 0.25) is 0 Å². The van der Waals surface area contributed by atoms with Gasteiger partial charge in [-0.05, 0) is 12.2 Å². The Morgan fingerprint density at radius 1 is 1.17 bits per heavy atom. The maximum atomic E-state index is 10.6. The van der Waals surface area contributed by atoms with Crippen molar-refractivity contribution in [3.8, 4) is 0 Å². The molecule has 0 radical (unpaired) electrons. The van der Waals surface area contributed by atoms with Gasteiger partial charge in [-0.2, -0.15) is 8.42 Å².